The molecule has 2 heterocycles. The molecule has 0 aliphatic carbocycles. The maximum absolute atomic E-state index is 13.6. The lowest BCUT2D eigenvalue weighted by molar-refractivity contribution is 0.0283. The van der Waals surface area contributed by atoms with Crippen LogP contribution in [0.5, 0.6) is 0 Å². The number of hydrogen-bond donors (Lipinski definition) is 1. The minimum absolute atomic E-state index is 0.0672. The second kappa shape index (κ2) is 8.26. The maximum Gasteiger partial charge on any atom is 0.290 e. The van der Waals surface area contributed by atoms with Gasteiger partial charge in [0.15, 0.2) is 11.3 Å². The number of furan rings is 1. The Morgan fingerprint density at radius 2 is 1.66 bits per heavy atom. The van der Waals surface area contributed by atoms with Gasteiger partial charge in [-0.05, 0) is 69.0 Å². The monoisotopic (exact) mass is 456 g/mol. The van der Waals surface area contributed by atoms with Gasteiger partial charge in [0.05, 0.1) is 18.9 Å². The average Bonchev–Trinajstić information content (AvgIpc) is 3.07. The fourth-order valence-corrected chi connectivity index (χ4v) is 5.61. The van der Waals surface area contributed by atoms with E-state index >= 15 is 0 Å². The summed E-state index contributed by atoms with van der Waals surface area (Å²) in [7, 11) is -3.98. The van der Waals surface area contributed by atoms with E-state index in [9.17, 15) is 13.2 Å². The van der Waals surface area contributed by atoms with Crippen molar-refractivity contribution in [2.24, 2.45) is 0 Å². The largest absolute Gasteiger partial charge is 0.449 e. The average molecular weight is 457 g/mol. The lowest BCUT2D eigenvalue weighted by Gasteiger charge is -2.26. The molecule has 8 heteroatoms. The standard InChI is InChI=1S/C24H28N2O5S/c1-14-7-6-8-20(16(14)3)25-32(28,29)23-17(4)15(2)13-19-18(5)21(31-22(19)23)24(27)26-9-11-30-12-10-26/h6-8,13,25H,9-12H2,1-5H3. The van der Waals surface area contributed by atoms with E-state index in [1.807, 2.05) is 39.0 Å². The molecule has 32 heavy (non-hydrogen) atoms. The molecule has 1 aliphatic heterocycles. The lowest BCUT2D eigenvalue weighted by atomic mass is 10.0. The third kappa shape index (κ3) is 3.78. The summed E-state index contributed by atoms with van der Waals surface area (Å²) in [5.41, 5.74) is 4.62. The number of ether oxygens (including phenoxy) is 1. The molecule has 3 aromatic rings. The number of rotatable bonds is 4. The Hall–Kier alpha value is -2.84. The van der Waals surface area contributed by atoms with Crippen molar-refractivity contribution in [3.8, 4) is 0 Å². The Bertz CT molecular complexity index is 1320. The van der Waals surface area contributed by atoms with Crippen molar-refractivity contribution in [2.45, 2.75) is 39.5 Å². The van der Waals surface area contributed by atoms with Crippen LogP contribution in [0.25, 0.3) is 11.0 Å². The summed E-state index contributed by atoms with van der Waals surface area (Å²) in [4.78, 5) is 14.8. The highest BCUT2D eigenvalue weighted by atomic mass is 32.2. The molecule has 170 valence electrons. The van der Waals surface area contributed by atoms with Crippen molar-refractivity contribution < 1.29 is 22.4 Å². The zero-order valence-electron chi connectivity index (χ0n) is 19.0. The Morgan fingerprint density at radius 1 is 0.969 bits per heavy atom. The first kappa shape index (κ1) is 22.4. The number of amides is 1. The van der Waals surface area contributed by atoms with Gasteiger partial charge in [0.25, 0.3) is 15.9 Å². The Morgan fingerprint density at radius 3 is 2.34 bits per heavy atom. The number of nitrogens with zero attached hydrogens (tertiary/aromatic N) is 1. The van der Waals surface area contributed by atoms with Gasteiger partial charge in [-0.1, -0.05) is 12.1 Å². The van der Waals surface area contributed by atoms with Gasteiger partial charge in [-0.2, -0.15) is 0 Å². The van der Waals surface area contributed by atoms with E-state index < -0.39 is 10.0 Å². The van der Waals surface area contributed by atoms with Crippen LogP contribution < -0.4 is 4.72 Å². The molecule has 0 unspecified atom stereocenters. The molecule has 0 radical (unpaired) electrons. The van der Waals surface area contributed by atoms with Crippen LogP contribution >= 0.6 is 0 Å². The summed E-state index contributed by atoms with van der Waals surface area (Å²) >= 11 is 0. The molecule has 0 saturated carbocycles. The van der Waals surface area contributed by atoms with Crippen LogP contribution in [0.2, 0.25) is 0 Å². The van der Waals surface area contributed by atoms with Crippen molar-refractivity contribution in [2.75, 3.05) is 31.0 Å². The van der Waals surface area contributed by atoms with E-state index in [-0.39, 0.29) is 22.1 Å². The van der Waals surface area contributed by atoms with E-state index in [1.165, 1.54) is 0 Å². The van der Waals surface area contributed by atoms with E-state index in [0.717, 1.165) is 16.7 Å². The van der Waals surface area contributed by atoms with E-state index in [2.05, 4.69) is 4.72 Å². The zero-order chi connectivity index (χ0) is 23.2. The molecule has 0 bridgehead atoms. The van der Waals surface area contributed by atoms with Gasteiger partial charge in [-0.3, -0.25) is 9.52 Å². The van der Waals surface area contributed by atoms with Crippen molar-refractivity contribution in [3.63, 3.8) is 0 Å². The molecule has 1 amide bonds. The summed E-state index contributed by atoms with van der Waals surface area (Å²) in [6.07, 6.45) is 0. The fraction of sp³-hybridized carbons (Fsp3) is 0.375. The van der Waals surface area contributed by atoms with E-state index in [1.54, 1.807) is 24.8 Å². The highest BCUT2D eigenvalue weighted by Crippen LogP contribution is 2.36. The number of morpholine rings is 1. The van der Waals surface area contributed by atoms with Gasteiger partial charge in [0.2, 0.25) is 0 Å². The Kier molecular flexibility index (Phi) is 5.77. The fourth-order valence-electron chi connectivity index (χ4n) is 4.04. The molecule has 1 fully saturated rings. The molecule has 2 aromatic carbocycles. The summed E-state index contributed by atoms with van der Waals surface area (Å²) in [6, 6.07) is 7.37. The summed E-state index contributed by atoms with van der Waals surface area (Å²) in [5.74, 6) is -0.0711. The van der Waals surface area contributed by atoms with Crippen LogP contribution in [0.1, 0.15) is 38.4 Å². The first-order valence-electron chi connectivity index (χ1n) is 10.6. The SMILES string of the molecule is Cc1cccc(NS(=O)(=O)c2c(C)c(C)cc3c(C)c(C(=O)N4CCOCC4)oc23)c1C. The van der Waals surface area contributed by atoms with Crippen LogP contribution in [-0.4, -0.2) is 45.5 Å². The number of aryl methyl sites for hydroxylation is 3. The molecular weight excluding hydrogens is 428 g/mol. The molecule has 4 rings (SSSR count). The maximum atomic E-state index is 13.6. The van der Waals surface area contributed by atoms with Gasteiger partial charge in [0.1, 0.15) is 4.90 Å². The second-order valence-corrected chi connectivity index (χ2v) is 9.96. The highest BCUT2D eigenvalue weighted by molar-refractivity contribution is 7.93. The number of nitrogens with one attached hydrogen (secondary N) is 1. The number of hydrogen-bond acceptors (Lipinski definition) is 5. The van der Waals surface area contributed by atoms with Gasteiger partial charge in [-0.15, -0.1) is 0 Å². The first-order valence-corrected chi connectivity index (χ1v) is 12.1. The van der Waals surface area contributed by atoms with Crippen molar-refractivity contribution in [1.29, 1.82) is 0 Å². The van der Waals surface area contributed by atoms with Crippen molar-refractivity contribution in [3.05, 3.63) is 57.8 Å². The van der Waals surface area contributed by atoms with Gasteiger partial charge in [-0.25, -0.2) is 8.42 Å². The number of sulfonamides is 1. The topological polar surface area (TPSA) is 88.9 Å². The van der Waals surface area contributed by atoms with Crippen LogP contribution in [0.15, 0.2) is 33.6 Å². The first-order chi connectivity index (χ1) is 15.1. The summed E-state index contributed by atoms with van der Waals surface area (Å²) < 4.78 is 41.2. The molecule has 1 aromatic heterocycles. The molecule has 7 nitrogen and oxygen atoms in total. The number of carbonyl (C=O) groups is 1. The molecule has 1 saturated heterocycles. The minimum Gasteiger partial charge on any atom is -0.449 e. The molecule has 0 atom stereocenters. The molecule has 0 spiro atoms. The Labute approximate surface area is 188 Å². The predicted octanol–water partition coefficient (Wildman–Crippen LogP) is 4.25. The van der Waals surface area contributed by atoms with Crippen molar-refractivity contribution in [1.82, 2.24) is 4.90 Å². The number of carbonyl (C=O) groups excluding carboxylic acids is 1. The number of benzene rings is 2. The highest BCUT2D eigenvalue weighted by Gasteiger charge is 2.30. The zero-order valence-corrected chi connectivity index (χ0v) is 19.9. The van der Waals surface area contributed by atoms with Gasteiger partial charge in [0, 0.05) is 24.0 Å². The number of fused-ring (bicyclic) bond motifs is 1. The van der Waals surface area contributed by atoms with Crippen molar-refractivity contribution >= 4 is 32.6 Å². The smallest absolute Gasteiger partial charge is 0.290 e. The van der Waals surface area contributed by atoms with Crippen LogP contribution in [-0.2, 0) is 14.8 Å². The van der Waals surface area contributed by atoms with E-state index in [0.29, 0.717) is 48.5 Å². The third-order valence-electron chi connectivity index (χ3n) is 6.30. The minimum atomic E-state index is -3.98. The quantitative estimate of drug-likeness (QED) is 0.634. The summed E-state index contributed by atoms with van der Waals surface area (Å²) in [5, 5.41) is 0.631. The molecular formula is C24H28N2O5S. The normalized spacial score (nSPS) is 14.7. The lowest BCUT2D eigenvalue weighted by Crippen LogP contribution is -2.40. The van der Waals surface area contributed by atoms with Crippen LogP contribution in [0.3, 0.4) is 0 Å². The summed E-state index contributed by atoms with van der Waals surface area (Å²) in [6.45, 7) is 11.1. The van der Waals surface area contributed by atoms with Crippen LogP contribution in [0, 0.1) is 34.6 Å². The third-order valence-corrected chi connectivity index (χ3v) is 7.82. The molecule has 1 N–H and O–H groups in total. The second-order valence-electron chi connectivity index (χ2n) is 8.34. The molecule has 1 aliphatic rings. The van der Waals surface area contributed by atoms with E-state index in [4.69, 9.17) is 9.15 Å². The Balaban J connectivity index is 1.86. The van der Waals surface area contributed by atoms with Crippen LogP contribution in [0.4, 0.5) is 5.69 Å². The predicted molar refractivity (Wildman–Crippen MR) is 124 cm³/mol. The van der Waals surface area contributed by atoms with Gasteiger partial charge >= 0.3 is 0 Å². The van der Waals surface area contributed by atoms with Gasteiger partial charge < -0.3 is 14.1 Å². The number of anilines is 1.